The molecule has 0 saturated heterocycles. The van der Waals surface area contributed by atoms with Gasteiger partial charge in [0.1, 0.15) is 0 Å². The highest BCUT2D eigenvalue weighted by molar-refractivity contribution is 9.10. The third-order valence-electron chi connectivity index (χ3n) is 2.18. The first-order valence-electron chi connectivity index (χ1n) is 5.09. The van der Waals surface area contributed by atoms with Gasteiger partial charge in [-0.1, -0.05) is 26.5 Å². The van der Waals surface area contributed by atoms with E-state index in [1.165, 1.54) is 7.11 Å². The van der Waals surface area contributed by atoms with E-state index in [2.05, 4.69) is 35.6 Å². The lowest BCUT2D eigenvalue weighted by molar-refractivity contribution is 0.0595. The highest BCUT2D eigenvalue weighted by Crippen LogP contribution is 2.20. The van der Waals surface area contributed by atoms with E-state index in [4.69, 9.17) is 0 Å². The Labute approximate surface area is 121 Å². The number of anilines is 1. The first kappa shape index (κ1) is 13.6. The molecule has 2 rings (SSSR count). The molecule has 0 aliphatic carbocycles. The van der Waals surface area contributed by atoms with Gasteiger partial charge in [0.25, 0.3) is 5.91 Å². The predicted molar refractivity (Wildman–Crippen MR) is 73.3 cm³/mol. The summed E-state index contributed by atoms with van der Waals surface area (Å²) >= 11 is 4.20. The third-order valence-corrected chi connectivity index (χ3v) is 3.32. The van der Waals surface area contributed by atoms with Crippen molar-refractivity contribution in [3.63, 3.8) is 0 Å². The van der Waals surface area contributed by atoms with Crippen molar-refractivity contribution in [3.8, 4) is 0 Å². The molecule has 0 fully saturated rings. The molecule has 0 bridgehead atoms. The second-order valence-electron chi connectivity index (χ2n) is 3.41. The van der Waals surface area contributed by atoms with Crippen LogP contribution in [0.3, 0.4) is 0 Å². The Hall–Kier alpha value is -1.80. The van der Waals surface area contributed by atoms with Crippen LogP contribution in [-0.2, 0) is 4.74 Å². The molecule has 0 unspecified atom stereocenters. The number of rotatable bonds is 3. The monoisotopic (exact) mass is 341 g/mol. The van der Waals surface area contributed by atoms with Crippen LogP contribution in [0.5, 0.6) is 0 Å². The van der Waals surface area contributed by atoms with Gasteiger partial charge in [-0.2, -0.15) is 0 Å². The molecule has 1 amide bonds. The summed E-state index contributed by atoms with van der Waals surface area (Å²) in [5, 5.41) is 6.46. The first-order valence-corrected chi connectivity index (χ1v) is 6.66. The number of hydrogen-bond donors (Lipinski definition) is 1. The van der Waals surface area contributed by atoms with Crippen LogP contribution in [-0.4, -0.2) is 28.6 Å². The molecule has 2 aromatic rings. The number of carbonyl (C=O) groups is 2. The average molecular weight is 342 g/mol. The van der Waals surface area contributed by atoms with Crippen molar-refractivity contribution in [3.05, 3.63) is 40.0 Å². The van der Waals surface area contributed by atoms with Gasteiger partial charge in [0.05, 0.1) is 7.11 Å². The van der Waals surface area contributed by atoms with Gasteiger partial charge in [-0.25, -0.2) is 4.79 Å². The second-order valence-corrected chi connectivity index (χ2v) is 5.08. The van der Waals surface area contributed by atoms with E-state index in [9.17, 15) is 9.59 Å². The van der Waals surface area contributed by atoms with E-state index in [1.54, 1.807) is 18.2 Å². The Kier molecular flexibility index (Phi) is 4.23. The maximum Gasteiger partial charge on any atom is 0.361 e. The van der Waals surface area contributed by atoms with Crippen LogP contribution in [0.2, 0.25) is 0 Å². The molecule has 19 heavy (non-hydrogen) atoms. The summed E-state index contributed by atoms with van der Waals surface area (Å²) < 4.78 is 8.96. The summed E-state index contributed by atoms with van der Waals surface area (Å²) in [6.07, 6.45) is 0. The fraction of sp³-hybridized carbons (Fsp3) is 0.0909. The second kappa shape index (κ2) is 5.89. The van der Waals surface area contributed by atoms with E-state index in [-0.39, 0.29) is 16.6 Å². The number of halogens is 1. The highest BCUT2D eigenvalue weighted by atomic mass is 79.9. The van der Waals surface area contributed by atoms with Gasteiger partial charge in [-0.15, -0.1) is 5.10 Å². The zero-order chi connectivity index (χ0) is 13.8. The predicted octanol–water partition coefficient (Wildman–Crippen LogP) is 2.34. The van der Waals surface area contributed by atoms with Gasteiger partial charge < -0.3 is 10.1 Å². The van der Waals surface area contributed by atoms with Crippen molar-refractivity contribution < 1.29 is 14.3 Å². The molecule has 8 heteroatoms. The van der Waals surface area contributed by atoms with Crippen LogP contribution >= 0.6 is 27.5 Å². The Morgan fingerprint density at radius 2 is 2.21 bits per heavy atom. The quantitative estimate of drug-likeness (QED) is 0.866. The number of nitrogens with one attached hydrogen (secondary N) is 1. The molecule has 0 aliphatic rings. The number of esters is 1. The summed E-state index contributed by atoms with van der Waals surface area (Å²) in [5.41, 5.74) is 0.453. The zero-order valence-electron chi connectivity index (χ0n) is 9.71. The van der Waals surface area contributed by atoms with Crippen LogP contribution < -0.4 is 5.32 Å². The Balaban J connectivity index is 2.20. The molecule has 6 nitrogen and oxygen atoms in total. The summed E-state index contributed by atoms with van der Waals surface area (Å²) in [6, 6.07) is 6.88. The molecular formula is C11H8BrN3O3S. The minimum Gasteiger partial charge on any atom is -0.464 e. The van der Waals surface area contributed by atoms with E-state index >= 15 is 0 Å². The molecule has 0 spiro atoms. The summed E-state index contributed by atoms with van der Waals surface area (Å²) in [4.78, 5) is 23.4. The SMILES string of the molecule is COC(=O)c1nnsc1NC(=O)c1cccc(Br)c1. The standard InChI is InChI=1S/C11H8BrN3O3S/c1-18-11(17)8-10(19-15-14-8)13-9(16)6-3-2-4-7(12)5-6/h2-5H,1H3,(H,13,16). The van der Waals surface area contributed by atoms with E-state index in [0.717, 1.165) is 16.0 Å². The molecule has 1 N–H and O–H groups in total. The van der Waals surface area contributed by atoms with Crippen molar-refractivity contribution in [1.82, 2.24) is 9.59 Å². The average Bonchev–Trinajstić information content (AvgIpc) is 2.86. The molecule has 0 aliphatic heterocycles. The van der Waals surface area contributed by atoms with Crippen LogP contribution in [0.25, 0.3) is 0 Å². The van der Waals surface area contributed by atoms with Gasteiger partial charge in [0.2, 0.25) is 5.69 Å². The van der Waals surface area contributed by atoms with Gasteiger partial charge in [-0.05, 0) is 18.2 Å². The number of hydrogen-bond acceptors (Lipinski definition) is 6. The molecule has 0 atom stereocenters. The number of nitrogens with zero attached hydrogens (tertiary/aromatic N) is 2. The fourth-order valence-electron chi connectivity index (χ4n) is 1.31. The third kappa shape index (κ3) is 3.15. The number of benzene rings is 1. The highest BCUT2D eigenvalue weighted by Gasteiger charge is 2.19. The molecule has 98 valence electrons. The topological polar surface area (TPSA) is 81.2 Å². The smallest absolute Gasteiger partial charge is 0.361 e. The van der Waals surface area contributed by atoms with Crippen LogP contribution in [0.15, 0.2) is 28.7 Å². The maximum absolute atomic E-state index is 12.0. The maximum atomic E-state index is 12.0. The minimum atomic E-state index is -0.640. The van der Waals surface area contributed by atoms with Gasteiger partial charge in [-0.3, -0.25) is 4.79 Å². The van der Waals surface area contributed by atoms with Gasteiger partial charge in [0, 0.05) is 21.6 Å². The fourth-order valence-corrected chi connectivity index (χ4v) is 2.26. The van der Waals surface area contributed by atoms with Crippen molar-refractivity contribution >= 4 is 44.3 Å². The van der Waals surface area contributed by atoms with Crippen LogP contribution in [0.1, 0.15) is 20.8 Å². The molecule has 0 radical (unpaired) electrons. The van der Waals surface area contributed by atoms with Crippen molar-refractivity contribution in [1.29, 1.82) is 0 Å². The minimum absolute atomic E-state index is 0.00385. The Morgan fingerprint density at radius 3 is 2.89 bits per heavy atom. The first-order chi connectivity index (χ1) is 9.11. The Morgan fingerprint density at radius 1 is 1.42 bits per heavy atom. The van der Waals surface area contributed by atoms with Crippen LogP contribution in [0.4, 0.5) is 5.00 Å². The van der Waals surface area contributed by atoms with Crippen molar-refractivity contribution in [2.24, 2.45) is 0 Å². The van der Waals surface area contributed by atoms with E-state index in [0.29, 0.717) is 5.56 Å². The van der Waals surface area contributed by atoms with Gasteiger partial charge in [0.15, 0.2) is 5.00 Å². The van der Waals surface area contributed by atoms with Crippen molar-refractivity contribution in [2.45, 2.75) is 0 Å². The number of carbonyl (C=O) groups excluding carboxylic acids is 2. The lowest BCUT2D eigenvalue weighted by Crippen LogP contribution is -2.14. The zero-order valence-corrected chi connectivity index (χ0v) is 12.1. The van der Waals surface area contributed by atoms with E-state index in [1.807, 2.05) is 6.07 Å². The molecule has 1 aromatic heterocycles. The molecule has 1 heterocycles. The molecule has 1 aromatic carbocycles. The van der Waals surface area contributed by atoms with Crippen molar-refractivity contribution in [2.75, 3.05) is 12.4 Å². The summed E-state index contributed by atoms with van der Waals surface area (Å²) in [5.74, 6) is -0.990. The number of ether oxygens (including phenoxy) is 1. The normalized spacial score (nSPS) is 10.0. The van der Waals surface area contributed by atoms with E-state index < -0.39 is 5.97 Å². The Bertz CT molecular complexity index is 629. The van der Waals surface area contributed by atoms with Gasteiger partial charge >= 0.3 is 5.97 Å². The summed E-state index contributed by atoms with van der Waals surface area (Å²) in [7, 11) is 1.24. The molecule has 0 saturated carbocycles. The number of aromatic nitrogens is 2. The number of methoxy groups -OCH3 is 1. The number of amides is 1. The summed E-state index contributed by atoms with van der Waals surface area (Å²) in [6.45, 7) is 0. The largest absolute Gasteiger partial charge is 0.464 e. The lowest BCUT2D eigenvalue weighted by Gasteiger charge is -2.03. The molecular weight excluding hydrogens is 334 g/mol. The lowest BCUT2D eigenvalue weighted by atomic mass is 10.2. The van der Waals surface area contributed by atoms with Crippen LogP contribution in [0, 0.1) is 0 Å².